The molecule has 0 fully saturated rings. The zero-order valence-corrected chi connectivity index (χ0v) is 43.6. The molecule has 5 heteroatoms. The number of aliphatic hydroxyl groups excluding tert-OH is 3. The molecule has 0 aliphatic rings. The van der Waals surface area contributed by atoms with Gasteiger partial charge in [0.2, 0.25) is 5.91 Å². The van der Waals surface area contributed by atoms with E-state index < -0.39 is 18.2 Å². The molecule has 0 aliphatic carbocycles. The van der Waals surface area contributed by atoms with Crippen LogP contribution in [0.25, 0.3) is 0 Å². The van der Waals surface area contributed by atoms with E-state index in [1.807, 2.05) is 6.08 Å². The third kappa shape index (κ3) is 51.5. The number of unbranched alkanes of at least 4 members (excludes halogenated alkanes) is 38. The molecule has 0 spiro atoms. The number of carbonyl (C=O) groups is 1. The topological polar surface area (TPSA) is 89.8 Å². The van der Waals surface area contributed by atoms with Crippen LogP contribution in [0.5, 0.6) is 0 Å². The average molecular weight is 913 g/mol. The minimum atomic E-state index is -0.952. The van der Waals surface area contributed by atoms with Crippen molar-refractivity contribution in [2.75, 3.05) is 6.61 Å². The summed E-state index contributed by atoms with van der Waals surface area (Å²) in [6.07, 6.45) is 73.3. The van der Waals surface area contributed by atoms with Gasteiger partial charge in [-0.05, 0) is 64.2 Å². The Morgan fingerprint density at radius 2 is 0.708 bits per heavy atom. The molecule has 0 bridgehead atoms. The lowest BCUT2D eigenvalue weighted by atomic mass is 10.0. The van der Waals surface area contributed by atoms with Crippen molar-refractivity contribution in [2.24, 2.45) is 0 Å². The number of aliphatic hydroxyl groups is 3. The van der Waals surface area contributed by atoms with Gasteiger partial charge < -0.3 is 20.6 Å². The van der Waals surface area contributed by atoms with Crippen molar-refractivity contribution in [3.63, 3.8) is 0 Å². The van der Waals surface area contributed by atoms with Crippen LogP contribution >= 0.6 is 0 Å². The molecule has 3 atom stereocenters. The summed E-state index contributed by atoms with van der Waals surface area (Å²) in [6.45, 7) is 4.21. The molecular formula is C60H113NO4. The van der Waals surface area contributed by atoms with Crippen LogP contribution in [0.4, 0.5) is 0 Å². The maximum atomic E-state index is 12.5. The predicted molar refractivity (Wildman–Crippen MR) is 287 cm³/mol. The third-order valence-electron chi connectivity index (χ3n) is 13.3. The van der Waals surface area contributed by atoms with Gasteiger partial charge in [-0.25, -0.2) is 0 Å². The van der Waals surface area contributed by atoms with E-state index in [-0.39, 0.29) is 18.9 Å². The van der Waals surface area contributed by atoms with Crippen molar-refractivity contribution in [2.45, 2.75) is 321 Å². The molecule has 382 valence electrons. The number of nitrogens with one attached hydrogen (secondary N) is 1. The van der Waals surface area contributed by atoms with Gasteiger partial charge in [-0.1, -0.05) is 281 Å². The summed E-state index contributed by atoms with van der Waals surface area (Å²) in [4.78, 5) is 12.5. The van der Waals surface area contributed by atoms with E-state index in [1.54, 1.807) is 6.08 Å². The summed E-state index contributed by atoms with van der Waals surface area (Å²) in [5.41, 5.74) is 0. The Morgan fingerprint density at radius 3 is 1.08 bits per heavy atom. The van der Waals surface area contributed by atoms with E-state index in [0.717, 1.165) is 38.5 Å². The second-order valence-electron chi connectivity index (χ2n) is 19.9. The number of hydrogen-bond acceptors (Lipinski definition) is 4. The smallest absolute Gasteiger partial charge is 0.222 e. The summed E-state index contributed by atoms with van der Waals surface area (Å²) in [7, 11) is 0. The summed E-state index contributed by atoms with van der Waals surface area (Å²) < 4.78 is 0. The first kappa shape index (κ1) is 63.3. The number of carbonyl (C=O) groups excluding carboxylic acids is 1. The molecule has 0 rings (SSSR count). The first-order valence-corrected chi connectivity index (χ1v) is 28.9. The molecule has 0 radical (unpaired) electrons. The van der Waals surface area contributed by atoms with Gasteiger partial charge in [0, 0.05) is 0 Å². The molecule has 65 heavy (non-hydrogen) atoms. The number of rotatable bonds is 53. The monoisotopic (exact) mass is 912 g/mol. The Kier molecular flexibility index (Phi) is 53.5. The Labute approximate surface area is 406 Å². The van der Waals surface area contributed by atoms with Crippen LogP contribution in [0.15, 0.2) is 48.6 Å². The second kappa shape index (κ2) is 54.9. The van der Waals surface area contributed by atoms with Crippen LogP contribution < -0.4 is 5.32 Å². The van der Waals surface area contributed by atoms with Gasteiger partial charge in [0.15, 0.2) is 0 Å². The van der Waals surface area contributed by atoms with Crippen LogP contribution in [0.2, 0.25) is 0 Å². The Hall–Kier alpha value is -1.69. The van der Waals surface area contributed by atoms with E-state index in [0.29, 0.717) is 6.42 Å². The van der Waals surface area contributed by atoms with Crippen LogP contribution in [-0.4, -0.2) is 46.1 Å². The Balaban J connectivity index is 3.50. The van der Waals surface area contributed by atoms with Crippen LogP contribution in [0, 0.1) is 0 Å². The van der Waals surface area contributed by atoms with Crippen LogP contribution in [0.3, 0.4) is 0 Å². The van der Waals surface area contributed by atoms with E-state index >= 15 is 0 Å². The Bertz CT molecular complexity index is 1050. The summed E-state index contributed by atoms with van der Waals surface area (Å²) in [6, 6.07) is -0.761. The van der Waals surface area contributed by atoms with Gasteiger partial charge in [-0.3, -0.25) is 4.79 Å². The van der Waals surface area contributed by atoms with Crippen molar-refractivity contribution >= 4 is 5.91 Å². The molecule has 0 aromatic carbocycles. The Morgan fingerprint density at radius 1 is 0.400 bits per heavy atom. The lowest BCUT2D eigenvalue weighted by Gasteiger charge is -2.21. The molecular weight excluding hydrogens is 799 g/mol. The van der Waals surface area contributed by atoms with Crippen molar-refractivity contribution in [1.29, 1.82) is 0 Å². The van der Waals surface area contributed by atoms with E-state index in [2.05, 4.69) is 55.6 Å². The molecule has 0 heterocycles. The fourth-order valence-electron chi connectivity index (χ4n) is 8.92. The van der Waals surface area contributed by atoms with E-state index in [9.17, 15) is 20.1 Å². The minimum Gasteiger partial charge on any atom is -0.394 e. The first-order valence-electron chi connectivity index (χ1n) is 28.9. The first-order chi connectivity index (χ1) is 32.0. The van der Waals surface area contributed by atoms with Crippen molar-refractivity contribution in [3.05, 3.63) is 48.6 Å². The average Bonchev–Trinajstić information content (AvgIpc) is 3.30. The highest BCUT2D eigenvalue weighted by Crippen LogP contribution is 2.17. The zero-order chi connectivity index (χ0) is 47.2. The van der Waals surface area contributed by atoms with Gasteiger partial charge in [0.1, 0.15) is 0 Å². The second-order valence-corrected chi connectivity index (χ2v) is 19.9. The molecule has 0 saturated carbocycles. The van der Waals surface area contributed by atoms with Gasteiger partial charge in [-0.2, -0.15) is 0 Å². The lowest BCUT2D eigenvalue weighted by molar-refractivity contribution is -0.124. The fraction of sp³-hybridized carbons (Fsp3) is 0.850. The molecule has 3 unspecified atom stereocenters. The molecule has 4 N–H and O–H groups in total. The molecule has 0 aliphatic heterocycles. The molecule has 0 aromatic rings. The number of amides is 1. The van der Waals surface area contributed by atoms with Gasteiger partial charge in [0.25, 0.3) is 0 Å². The normalized spacial score (nSPS) is 13.6. The van der Waals surface area contributed by atoms with Crippen LogP contribution in [0.1, 0.15) is 303 Å². The maximum Gasteiger partial charge on any atom is 0.222 e. The summed E-state index contributed by atoms with van der Waals surface area (Å²) in [5.74, 6) is -0.324. The summed E-state index contributed by atoms with van der Waals surface area (Å²) in [5, 5.41) is 33.3. The zero-order valence-electron chi connectivity index (χ0n) is 43.6. The highest BCUT2D eigenvalue weighted by atomic mass is 16.3. The van der Waals surface area contributed by atoms with Crippen LogP contribution in [-0.2, 0) is 4.79 Å². The quantitative estimate of drug-likeness (QED) is 0.0361. The highest BCUT2D eigenvalue weighted by molar-refractivity contribution is 5.76. The molecule has 0 saturated heterocycles. The SMILES string of the molecule is CCCCCCCCC/C=C/CC/C=C/C(O)C(CO)NC(=O)CC(O)CCCCCCCCCCCCCCCCC/C=C\C/C=C\CCCCCCCCCCCCCCCCC. The largest absolute Gasteiger partial charge is 0.394 e. The highest BCUT2D eigenvalue weighted by Gasteiger charge is 2.20. The van der Waals surface area contributed by atoms with Crippen molar-refractivity contribution in [3.8, 4) is 0 Å². The standard InChI is InChI=1S/C60H113NO4/c1-3-5-7-9-11-13-15-17-18-19-20-21-22-23-24-25-26-27-28-29-30-31-32-33-34-35-36-37-38-39-40-42-43-45-47-49-51-53-57(63)55-60(65)61-58(56-62)59(64)54-52-50-48-46-44-41-16-14-12-10-8-6-4-2/h26-27,29-30,44,46,52,54,57-59,62-64H,3-25,28,31-43,45,47-51,53,55-56H2,1-2H3,(H,61,65)/b27-26-,30-29-,46-44+,54-52+. The minimum absolute atomic E-state index is 0.00589. The lowest BCUT2D eigenvalue weighted by Crippen LogP contribution is -2.45. The van der Waals surface area contributed by atoms with Crippen molar-refractivity contribution < 1.29 is 20.1 Å². The fourth-order valence-corrected chi connectivity index (χ4v) is 8.92. The van der Waals surface area contributed by atoms with Gasteiger partial charge in [-0.15, -0.1) is 0 Å². The maximum absolute atomic E-state index is 12.5. The molecule has 0 aromatic heterocycles. The summed E-state index contributed by atoms with van der Waals surface area (Å²) >= 11 is 0. The number of allylic oxidation sites excluding steroid dienone is 7. The number of hydrogen-bond donors (Lipinski definition) is 4. The molecule has 5 nitrogen and oxygen atoms in total. The van der Waals surface area contributed by atoms with Gasteiger partial charge in [0.05, 0.1) is 31.3 Å². The van der Waals surface area contributed by atoms with Crippen molar-refractivity contribution in [1.82, 2.24) is 5.32 Å². The van der Waals surface area contributed by atoms with E-state index in [1.165, 1.54) is 238 Å². The van der Waals surface area contributed by atoms with E-state index in [4.69, 9.17) is 0 Å². The molecule has 1 amide bonds. The predicted octanol–water partition coefficient (Wildman–Crippen LogP) is 18.0. The van der Waals surface area contributed by atoms with Gasteiger partial charge >= 0.3 is 0 Å². The third-order valence-corrected chi connectivity index (χ3v) is 13.3.